The van der Waals surface area contributed by atoms with Crippen LogP contribution in [0.25, 0.3) is 0 Å². The van der Waals surface area contributed by atoms with Gasteiger partial charge in [-0.2, -0.15) is 13.2 Å². The number of pyridine rings is 1. The van der Waals surface area contributed by atoms with Gasteiger partial charge in [-0.3, -0.25) is 4.79 Å². The summed E-state index contributed by atoms with van der Waals surface area (Å²) in [6.45, 7) is 7.39. The van der Waals surface area contributed by atoms with Crippen molar-refractivity contribution in [3.8, 4) is 0 Å². The van der Waals surface area contributed by atoms with Crippen molar-refractivity contribution in [3.05, 3.63) is 53.0 Å². The van der Waals surface area contributed by atoms with E-state index in [-0.39, 0.29) is 29.4 Å². The third kappa shape index (κ3) is 4.96. The third-order valence-electron chi connectivity index (χ3n) is 3.79. The van der Waals surface area contributed by atoms with Crippen LogP contribution >= 0.6 is 0 Å². The summed E-state index contributed by atoms with van der Waals surface area (Å²) in [7, 11) is 0. The molecule has 0 atom stereocenters. The number of amides is 1. The average molecular weight is 383 g/mol. The second-order valence-corrected chi connectivity index (χ2v) is 6.73. The summed E-state index contributed by atoms with van der Waals surface area (Å²) < 4.78 is 52.8. The molecule has 0 aliphatic carbocycles. The van der Waals surface area contributed by atoms with Crippen LogP contribution in [0, 0.1) is 5.82 Å². The first-order valence-corrected chi connectivity index (χ1v) is 8.44. The van der Waals surface area contributed by atoms with Crippen LogP contribution in [0.5, 0.6) is 0 Å². The monoisotopic (exact) mass is 383 g/mol. The van der Waals surface area contributed by atoms with Gasteiger partial charge < -0.3 is 10.6 Å². The Morgan fingerprint density at radius 2 is 1.81 bits per heavy atom. The van der Waals surface area contributed by atoms with Crippen LogP contribution in [0.2, 0.25) is 0 Å². The first-order valence-electron chi connectivity index (χ1n) is 8.44. The Balaban J connectivity index is 2.39. The maximum absolute atomic E-state index is 14.2. The van der Waals surface area contributed by atoms with Crippen LogP contribution < -0.4 is 10.6 Å². The fourth-order valence-electron chi connectivity index (χ4n) is 2.53. The fourth-order valence-corrected chi connectivity index (χ4v) is 2.53. The van der Waals surface area contributed by atoms with Crippen molar-refractivity contribution in [2.24, 2.45) is 0 Å². The molecule has 1 heterocycles. The van der Waals surface area contributed by atoms with Crippen LogP contribution in [0.1, 0.15) is 55.1 Å². The molecule has 146 valence electrons. The van der Waals surface area contributed by atoms with Gasteiger partial charge >= 0.3 is 6.18 Å². The summed E-state index contributed by atoms with van der Waals surface area (Å²) in [6, 6.07) is 4.46. The lowest BCUT2D eigenvalue weighted by Gasteiger charge is -2.17. The Labute approximate surface area is 155 Å². The standard InChI is InChI=1S/C19H21F4N3O/c1-10(2)12-8-16(24-9-13(12)18(27)25-11(3)4)26-15-7-5-6-14(17(15)20)19(21,22)23/h5-11H,1-4H3,(H,24,26)(H,25,27). The molecule has 2 rings (SSSR count). The second-order valence-electron chi connectivity index (χ2n) is 6.73. The van der Waals surface area contributed by atoms with E-state index in [9.17, 15) is 22.4 Å². The predicted molar refractivity (Wildman–Crippen MR) is 95.6 cm³/mol. The summed E-state index contributed by atoms with van der Waals surface area (Å²) in [5.41, 5.74) is -0.678. The smallest absolute Gasteiger partial charge is 0.350 e. The number of nitrogens with zero attached hydrogens (tertiary/aromatic N) is 1. The maximum atomic E-state index is 14.2. The Bertz CT molecular complexity index is 832. The summed E-state index contributed by atoms with van der Waals surface area (Å²) in [4.78, 5) is 16.4. The number of halogens is 4. The first kappa shape index (κ1) is 20.7. The molecule has 0 radical (unpaired) electrons. The molecule has 1 amide bonds. The number of aromatic nitrogens is 1. The van der Waals surface area contributed by atoms with Gasteiger partial charge in [0.15, 0.2) is 5.82 Å². The summed E-state index contributed by atoms with van der Waals surface area (Å²) in [5, 5.41) is 5.34. The number of carbonyl (C=O) groups excluding carboxylic acids is 1. The minimum Gasteiger partial charge on any atom is -0.350 e. The number of anilines is 2. The number of nitrogens with one attached hydrogen (secondary N) is 2. The van der Waals surface area contributed by atoms with Gasteiger partial charge in [0.05, 0.1) is 16.8 Å². The molecule has 0 saturated heterocycles. The number of hydrogen-bond donors (Lipinski definition) is 2. The number of rotatable bonds is 5. The molecule has 8 heteroatoms. The molecule has 0 spiro atoms. The molecule has 0 aliphatic rings. The van der Waals surface area contributed by atoms with E-state index in [1.165, 1.54) is 12.3 Å². The number of alkyl halides is 3. The highest BCUT2D eigenvalue weighted by molar-refractivity contribution is 5.96. The molecule has 0 unspecified atom stereocenters. The maximum Gasteiger partial charge on any atom is 0.419 e. The summed E-state index contributed by atoms with van der Waals surface area (Å²) in [6.07, 6.45) is -3.46. The summed E-state index contributed by atoms with van der Waals surface area (Å²) in [5.74, 6) is -1.59. The molecule has 1 aromatic heterocycles. The lowest BCUT2D eigenvalue weighted by molar-refractivity contribution is -0.139. The largest absolute Gasteiger partial charge is 0.419 e. The van der Waals surface area contributed by atoms with Crippen molar-refractivity contribution >= 4 is 17.4 Å². The Kier molecular flexibility index (Phi) is 6.08. The SMILES string of the molecule is CC(C)NC(=O)c1cnc(Nc2cccc(C(F)(F)F)c2F)cc1C(C)C. The van der Waals surface area contributed by atoms with E-state index < -0.39 is 17.6 Å². The van der Waals surface area contributed by atoms with Crippen molar-refractivity contribution < 1.29 is 22.4 Å². The topological polar surface area (TPSA) is 54.0 Å². The van der Waals surface area contributed by atoms with Crippen molar-refractivity contribution in [2.75, 3.05) is 5.32 Å². The minimum absolute atomic E-state index is 0.0483. The molecule has 0 bridgehead atoms. The van der Waals surface area contributed by atoms with Crippen molar-refractivity contribution in [1.82, 2.24) is 10.3 Å². The van der Waals surface area contributed by atoms with E-state index in [0.29, 0.717) is 17.2 Å². The molecule has 4 nitrogen and oxygen atoms in total. The van der Waals surface area contributed by atoms with Gasteiger partial charge in [0.25, 0.3) is 5.91 Å². The van der Waals surface area contributed by atoms with Gasteiger partial charge in [0.1, 0.15) is 5.82 Å². The zero-order chi connectivity index (χ0) is 20.4. The van der Waals surface area contributed by atoms with Gasteiger partial charge in [-0.05, 0) is 43.5 Å². The van der Waals surface area contributed by atoms with E-state index in [0.717, 1.165) is 6.07 Å². The highest BCUT2D eigenvalue weighted by Gasteiger charge is 2.35. The molecule has 0 saturated carbocycles. The highest BCUT2D eigenvalue weighted by atomic mass is 19.4. The normalized spacial score (nSPS) is 11.8. The molecular weight excluding hydrogens is 362 g/mol. The minimum atomic E-state index is -4.79. The first-order chi connectivity index (χ1) is 12.5. The van der Waals surface area contributed by atoms with Crippen LogP contribution in [0.4, 0.5) is 29.1 Å². The quantitative estimate of drug-likeness (QED) is 0.694. The molecule has 0 aliphatic heterocycles. The van der Waals surface area contributed by atoms with Gasteiger partial charge in [-0.15, -0.1) is 0 Å². The molecule has 2 aromatic rings. The van der Waals surface area contributed by atoms with Gasteiger partial charge in [0, 0.05) is 12.2 Å². The lowest BCUT2D eigenvalue weighted by atomic mass is 9.98. The van der Waals surface area contributed by atoms with Crippen LogP contribution in [-0.4, -0.2) is 16.9 Å². The van der Waals surface area contributed by atoms with Crippen molar-refractivity contribution in [2.45, 2.75) is 45.8 Å². The van der Waals surface area contributed by atoms with E-state index in [1.54, 1.807) is 6.07 Å². The van der Waals surface area contributed by atoms with Gasteiger partial charge in [-0.1, -0.05) is 19.9 Å². The average Bonchev–Trinajstić information content (AvgIpc) is 2.54. The van der Waals surface area contributed by atoms with Gasteiger partial charge in [-0.25, -0.2) is 9.37 Å². The van der Waals surface area contributed by atoms with Gasteiger partial charge in [0.2, 0.25) is 0 Å². The van der Waals surface area contributed by atoms with Crippen LogP contribution in [0.15, 0.2) is 30.5 Å². The van der Waals surface area contributed by atoms with Crippen molar-refractivity contribution in [1.29, 1.82) is 0 Å². The number of benzene rings is 1. The Morgan fingerprint density at radius 3 is 2.37 bits per heavy atom. The van der Waals surface area contributed by atoms with E-state index in [4.69, 9.17) is 0 Å². The number of hydrogen-bond acceptors (Lipinski definition) is 3. The second kappa shape index (κ2) is 7.94. The highest BCUT2D eigenvalue weighted by Crippen LogP contribution is 2.35. The predicted octanol–water partition coefficient (Wildman–Crippen LogP) is 5.24. The number of carbonyl (C=O) groups is 1. The third-order valence-corrected chi connectivity index (χ3v) is 3.79. The molecule has 1 aromatic carbocycles. The van der Waals surface area contributed by atoms with Crippen LogP contribution in [0.3, 0.4) is 0 Å². The molecule has 27 heavy (non-hydrogen) atoms. The van der Waals surface area contributed by atoms with E-state index in [2.05, 4.69) is 15.6 Å². The zero-order valence-corrected chi connectivity index (χ0v) is 15.4. The Morgan fingerprint density at radius 1 is 1.15 bits per heavy atom. The van der Waals surface area contributed by atoms with Crippen molar-refractivity contribution in [3.63, 3.8) is 0 Å². The van der Waals surface area contributed by atoms with E-state index in [1.807, 2.05) is 27.7 Å². The Hall–Kier alpha value is -2.64. The summed E-state index contributed by atoms with van der Waals surface area (Å²) >= 11 is 0. The van der Waals surface area contributed by atoms with Crippen LogP contribution in [-0.2, 0) is 6.18 Å². The fraction of sp³-hybridized carbons (Fsp3) is 0.368. The lowest BCUT2D eigenvalue weighted by Crippen LogP contribution is -2.31. The molecule has 0 fully saturated rings. The zero-order valence-electron chi connectivity index (χ0n) is 15.4. The molecular formula is C19H21F4N3O. The van der Waals surface area contributed by atoms with E-state index >= 15 is 0 Å². The molecule has 2 N–H and O–H groups in total.